The molecule has 0 fully saturated rings. The fourth-order valence-corrected chi connectivity index (χ4v) is 5.40. The van der Waals surface area contributed by atoms with Gasteiger partial charge in [-0.2, -0.15) is 0 Å². The maximum atomic E-state index is 2.45. The highest BCUT2D eigenvalue weighted by Gasteiger charge is 2.44. The van der Waals surface area contributed by atoms with Crippen molar-refractivity contribution in [1.82, 2.24) is 0 Å². The first-order valence-corrected chi connectivity index (χ1v) is 10.4. The van der Waals surface area contributed by atoms with Crippen LogP contribution in [0.5, 0.6) is 0 Å². The Morgan fingerprint density at radius 2 is 1.50 bits per heavy atom. The third-order valence-electron chi connectivity index (χ3n) is 7.41. The van der Waals surface area contributed by atoms with Crippen molar-refractivity contribution in [1.29, 1.82) is 0 Å². The van der Waals surface area contributed by atoms with Gasteiger partial charge in [-0.3, -0.25) is 0 Å². The summed E-state index contributed by atoms with van der Waals surface area (Å²) in [6, 6.07) is 16.1. The second-order valence-electron chi connectivity index (χ2n) is 10.2. The Labute approximate surface area is 170 Å². The molecule has 2 aromatic carbocycles. The number of para-hydroxylation sites is 1. The Morgan fingerprint density at radius 3 is 2.21 bits per heavy atom. The topological polar surface area (TPSA) is 6.48 Å². The molecule has 2 aliphatic heterocycles. The zero-order valence-corrected chi connectivity index (χ0v) is 18.7. The quantitative estimate of drug-likeness (QED) is 0.583. The molecule has 0 amide bonds. The van der Waals surface area contributed by atoms with E-state index >= 15 is 0 Å². The molecule has 2 heteroatoms. The average Bonchev–Trinajstić information content (AvgIpc) is 2.63. The van der Waals surface area contributed by atoms with E-state index in [0.717, 1.165) is 6.42 Å². The number of benzene rings is 2. The van der Waals surface area contributed by atoms with Gasteiger partial charge in [0.15, 0.2) is 0 Å². The first-order chi connectivity index (χ1) is 13.0. The van der Waals surface area contributed by atoms with Gasteiger partial charge in [0.05, 0.1) is 5.54 Å². The molecule has 0 aliphatic carbocycles. The summed E-state index contributed by atoms with van der Waals surface area (Å²) in [4.78, 5) is 4.87. The molecule has 0 bridgehead atoms. The zero-order chi connectivity index (χ0) is 20.5. The van der Waals surface area contributed by atoms with E-state index in [9.17, 15) is 0 Å². The molecule has 0 unspecified atom stereocenters. The molecule has 2 aliphatic rings. The SMILES string of the molecule is CC1=CC(C)(C)N(C)c2cc([C@@]3(C)CC(C)(C)N(C)c4ccccc43)ccc21. The van der Waals surface area contributed by atoms with Crippen molar-refractivity contribution in [3.8, 4) is 0 Å². The van der Waals surface area contributed by atoms with Gasteiger partial charge in [-0.15, -0.1) is 0 Å². The molecule has 0 N–H and O–H groups in total. The van der Waals surface area contributed by atoms with Crippen LogP contribution in [0, 0.1) is 0 Å². The molecule has 0 aromatic heterocycles. The Bertz CT molecular complexity index is 966. The molecule has 0 saturated carbocycles. The monoisotopic (exact) mass is 374 g/mol. The van der Waals surface area contributed by atoms with Crippen LogP contribution in [0.3, 0.4) is 0 Å². The maximum Gasteiger partial charge on any atom is 0.0531 e. The number of likely N-dealkylation sites (N-methyl/N-ethyl adjacent to an activating group) is 1. The van der Waals surface area contributed by atoms with Gasteiger partial charge in [-0.1, -0.05) is 43.3 Å². The van der Waals surface area contributed by atoms with Crippen LogP contribution in [0.1, 0.15) is 64.7 Å². The zero-order valence-electron chi connectivity index (χ0n) is 18.7. The van der Waals surface area contributed by atoms with Gasteiger partial charge >= 0.3 is 0 Å². The van der Waals surface area contributed by atoms with Crippen molar-refractivity contribution in [2.45, 2.75) is 64.5 Å². The molecule has 0 saturated heterocycles. The maximum absolute atomic E-state index is 2.45. The Kier molecular flexibility index (Phi) is 4.02. The lowest BCUT2D eigenvalue weighted by Gasteiger charge is -2.51. The number of anilines is 2. The minimum atomic E-state index is -0.0122. The molecule has 2 aromatic rings. The molecular formula is C26H34N2. The first kappa shape index (κ1) is 19.1. The summed E-state index contributed by atoms with van der Waals surface area (Å²) in [7, 11) is 4.45. The molecule has 2 heterocycles. The van der Waals surface area contributed by atoms with Crippen LogP contribution >= 0.6 is 0 Å². The normalized spacial score (nSPS) is 25.1. The summed E-state index contributed by atoms with van der Waals surface area (Å²) in [5, 5.41) is 0. The van der Waals surface area contributed by atoms with Crippen LogP contribution < -0.4 is 9.80 Å². The lowest BCUT2D eigenvalue weighted by Crippen LogP contribution is -2.51. The van der Waals surface area contributed by atoms with Gasteiger partial charge in [0, 0.05) is 42.0 Å². The first-order valence-electron chi connectivity index (χ1n) is 10.4. The van der Waals surface area contributed by atoms with E-state index in [0.29, 0.717) is 0 Å². The number of allylic oxidation sites excluding steroid dienone is 1. The van der Waals surface area contributed by atoms with E-state index in [1.807, 2.05) is 0 Å². The van der Waals surface area contributed by atoms with Gasteiger partial charge in [-0.25, -0.2) is 0 Å². The molecule has 4 rings (SSSR count). The summed E-state index contributed by atoms with van der Waals surface area (Å²) < 4.78 is 0. The predicted octanol–water partition coefficient (Wildman–Crippen LogP) is 6.24. The highest BCUT2D eigenvalue weighted by atomic mass is 15.2. The van der Waals surface area contributed by atoms with E-state index in [1.54, 1.807) is 0 Å². The van der Waals surface area contributed by atoms with Crippen LogP contribution in [0.25, 0.3) is 5.57 Å². The van der Waals surface area contributed by atoms with Crippen LogP contribution in [0.15, 0.2) is 48.5 Å². The number of rotatable bonds is 1. The van der Waals surface area contributed by atoms with Crippen molar-refractivity contribution < 1.29 is 0 Å². The summed E-state index contributed by atoms with van der Waals surface area (Å²) in [5.74, 6) is 0. The number of hydrogen-bond acceptors (Lipinski definition) is 2. The van der Waals surface area contributed by atoms with Gasteiger partial charge < -0.3 is 9.80 Å². The number of fused-ring (bicyclic) bond motifs is 2. The highest BCUT2D eigenvalue weighted by molar-refractivity contribution is 5.82. The van der Waals surface area contributed by atoms with Crippen LogP contribution in [0.4, 0.5) is 11.4 Å². The third kappa shape index (κ3) is 2.61. The molecule has 0 spiro atoms. The third-order valence-corrected chi connectivity index (χ3v) is 7.41. The van der Waals surface area contributed by atoms with E-state index in [4.69, 9.17) is 0 Å². The molecule has 148 valence electrons. The van der Waals surface area contributed by atoms with Gasteiger partial charge in [0.25, 0.3) is 0 Å². The van der Waals surface area contributed by atoms with Crippen molar-refractivity contribution in [2.75, 3.05) is 23.9 Å². The fourth-order valence-electron chi connectivity index (χ4n) is 5.40. The molecule has 0 radical (unpaired) electrons. The average molecular weight is 375 g/mol. The standard InChI is InChI=1S/C26H34N2/c1-18-16-24(2,3)28(8)23-15-19(13-14-20(18)23)26(6)17-25(4,5)27(7)22-12-10-9-11-21(22)26/h9-16H,17H2,1-8H3/t26-/m1/s1. The van der Waals surface area contributed by atoms with E-state index in [-0.39, 0.29) is 16.5 Å². The van der Waals surface area contributed by atoms with Crippen molar-refractivity contribution in [3.05, 3.63) is 65.2 Å². The summed E-state index contributed by atoms with van der Waals surface area (Å²) in [6.45, 7) is 14.0. The van der Waals surface area contributed by atoms with Crippen molar-refractivity contribution in [2.24, 2.45) is 0 Å². The van der Waals surface area contributed by atoms with Gasteiger partial charge in [-0.05, 0) is 69.9 Å². The molecule has 2 nitrogen and oxygen atoms in total. The Hall–Kier alpha value is -2.22. The van der Waals surface area contributed by atoms with E-state index in [2.05, 4.69) is 114 Å². The van der Waals surface area contributed by atoms with Crippen molar-refractivity contribution >= 4 is 16.9 Å². The largest absolute Gasteiger partial charge is 0.369 e. The van der Waals surface area contributed by atoms with E-state index in [1.165, 1.54) is 33.6 Å². The summed E-state index contributed by atoms with van der Waals surface area (Å²) in [6.07, 6.45) is 3.47. The van der Waals surface area contributed by atoms with E-state index < -0.39 is 0 Å². The lowest BCUT2D eigenvalue weighted by molar-refractivity contribution is 0.335. The Morgan fingerprint density at radius 1 is 0.821 bits per heavy atom. The fraction of sp³-hybridized carbons (Fsp3) is 0.462. The van der Waals surface area contributed by atoms with Crippen LogP contribution in [0.2, 0.25) is 0 Å². The van der Waals surface area contributed by atoms with Crippen LogP contribution in [-0.2, 0) is 5.41 Å². The molecule has 28 heavy (non-hydrogen) atoms. The second kappa shape index (κ2) is 5.89. The second-order valence-corrected chi connectivity index (χ2v) is 10.2. The number of nitrogens with zero attached hydrogens (tertiary/aromatic N) is 2. The van der Waals surface area contributed by atoms with Gasteiger partial charge in [0.2, 0.25) is 0 Å². The lowest BCUT2D eigenvalue weighted by atomic mass is 9.65. The minimum Gasteiger partial charge on any atom is -0.369 e. The smallest absolute Gasteiger partial charge is 0.0531 e. The predicted molar refractivity (Wildman–Crippen MR) is 123 cm³/mol. The highest BCUT2D eigenvalue weighted by Crippen LogP contribution is 2.51. The summed E-state index contributed by atoms with van der Waals surface area (Å²) in [5.41, 5.74) is 8.39. The summed E-state index contributed by atoms with van der Waals surface area (Å²) >= 11 is 0. The molecule has 1 atom stereocenters. The number of hydrogen-bond donors (Lipinski definition) is 0. The van der Waals surface area contributed by atoms with Crippen LogP contribution in [-0.4, -0.2) is 25.2 Å². The Balaban J connectivity index is 1.92. The van der Waals surface area contributed by atoms with Crippen molar-refractivity contribution in [3.63, 3.8) is 0 Å². The minimum absolute atomic E-state index is 0.0122. The molecular weight excluding hydrogens is 340 g/mol. The van der Waals surface area contributed by atoms with Gasteiger partial charge in [0.1, 0.15) is 0 Å².